The number of hydrogen-bond acceptors (Lipinski definition) is 2. The minimum Gasteiger partial charge on any atom is -0.388 e. The zero-order valence-electron chi connectivity index (χ0n) is 11.0. The Morgan fingerprint density at radius 1 is 1.25 bits per heavy atom. The normalized spacial score (nSPS) is 13.9. The molecule has 1 unspecified atom stereocenters. The van der Waals surface area contributed by atoms with E-state index in [1.54, 1.807) is 0 Å². The zero-order valence-corrected chi connectivity index (χ0v) is 11.0. The standard InChI is InChI=1S/C14H23NO/c1-10-6-7-12(8-11(10)2)13(16)14(3,4)9-15-5/h6-8,13,15-16H,9H2,1-5H3. The second kappa shape index (κ2) is 4.98. The lowest BCUT2D eigenvalue weighted by Crippen LogP contribution is -2.32. The molecule has 0 amide bonds. The fourth-order valence-corrected chi connectivity index (χ4v) is 1.94. The van der Waals surface area contributed by atoms with Gasteiger partial charge in [-0.3, -0.25) is 0 Å². The van der Waals surface area contributed by atoms with E-state index in [-0.39, 0.29) is 5.41 Å². The van der Waals surface area contributed by atoms with Crippen molar-refractivity contribution in [3.63, 3.8) is 0 Å². The maximum atomic E-state index is 10.4. The van der Waals surface area contributed by atoms with Crippen molar-refractivity contribution in [3.05, 3.63) is 34.9 Å². The predicted octanol–water partition coefficient (Wildman–Crippen LogP) is 2.58. The van der Waals surface area contributed by atoms with E-state index in [4.69, 9.17) is 0 Å². The average Bonchev–Trinajstić information content (AvgIpc) is 2.21. The first-order valence-corrected chi connectivity index (χ1v) is 5.78. The molecule has 2 nitrogen and oxygen atoms in total. The maximum absolute atomic E-state index is 10.4. The van der Waals surface area contributed by atoms with Crippen LogP contribution in [-0.2, 0) is 0 Å². The van der Waals surface area contributed by atoms with Crippen molar-refractivity contribution in [2.75, 3.05) is 13.6 Å². The van der Waals surface area contributed by atoms with Gasteiger partial charge < -0.3 is 10.4 Å². The van der Waals surface area contributed by atoms with Gasteiger partial charge in [0.1, 0.15) is 0 Å². The van der Waals surface area contributed by atoms with Crippen LogP contribution in [0.25, 0.3) is 0 Å². The van der Waals surface area contributed by atoms with Crippen LogP contribution in [0.4, 0.5) is 0 Å². The summed E-state index contributed by atoms with van der Waals surface area (Å²) in [6, 6.07) is 6.17. The van der Waals surface area contributed by atoms with Crippen molar-refractivity contribution in [1.82, 2.24) is 5.32 Å². The summed E-state index contributed by atoms with van der Waals surface area (Å²) in [5.74, 6) is 0. The molecule has 1 aromatic carbocycles. The van der Waals surface area contributed by atoms with Crippen molar-refractivity contribution in [1.29, 1.82) is 0 Å². The molecule has 0 fully saturated rings. The summed E-state index contributed by atoms with van der Waals surface area (Å²) in [5.41, 5.74) is 3.35. The highest BCUT2D eigenvalue weighted by atomic mass is 16.3. The van der Waals surface area contributed by atoms with Gasteiger partial charge in [0.2, 0.25) is 0 Å². The summed E-state index contributed by atoms with van der Waals surface area (Å²) >= 11 is 0. The van der Waals surface area contributed by atoms with E-state index >= 15 is 0 Å². The molecule has 0 spiro atoms. The third-order valence-electron chi connectivity index (χ3n) is 3.22. The topological polar surface area (TPSA) is 32.3 Å². The van der Waals surface area contributed by atoms with E-state index in [9.17, 15) is 5.11 Å². The van der Waals surface area contributed by atoms with Gasteiger partial charge in [-0.15, -0.1) is 0 Å². The van der Waals surface area contributed by atoms with Crippen LogP contribution in [0.2, 0.25) is 0 Å². The molecule has 0 aliphatic carbocycles. The summed E-state index contributed by atoms with van der Waals surface area (Å²) in [7, 11) is 1.91. The molecular formula is C14H23NO. The molecule has 0 heterocycles. The van der Waals surface area contributed by atoms with Gasteiger partial charge >= 0.3 is 0 Å². The highest BCUT2D eigenvalue weighted by Gasteiger charge is 2.28. The monoisotopic (exact) mass is 221 g/mol. The molecule has 0 saturated carbocycles. The molecule has 2 heteroatoms. The first-order valence-electron chi connectivity index (χ1n) is 5.78. The van der Waals surface area contributed by atoms with Crippen molar-refractivity contribution >= 4 is 0 Å². The Morgan fingerprint density at radius 3 is 2.38 bits per heavy atom. The Morgan fingerprint density at radius 2 is 1.88 bits per heavy atom. The van der Waals surface area contributed by atoms with Crippen molar-refractivity contribution in [2.24, 2.45) is 5.41 Å². The molecule has 0 bridgehead atoms. The third-order valence-corrected chi connectivity index (χ3v) is 3.22. The average molecular weight is 221 g/mol. The van der Waals surface area contributed by atoms with Crippen LogP contribution in [0.3, 0.4) is 0 Å². The molecule has 1 rings (SSSR count). The van der Waals surface area contributed by atoms with Gasteiger partial charge in [0.05, 0.1) is 6.10 Å². The molecule has 90 valence electrons. The van der Waals surface area contributed by atoms with Crippen LogP contribution in [0.5, 0.6) is 0 Å². The minimum absolute atomic E-state index is 0.156. The Hall–Kier alpha value is -0.860. The first kappa shape index (κ1) is 13.2. The molecule has 0 saturated heterocycles. The largest absolute Gasteiger partial charge is 0.388 e. The van der Waals surface area contributed by atoms with E-state index < -0.39 is 6.10 Å². The number of aryl methyl sites for hydroxylation is 2. The lowest BCUT2D eigenvalue weighted by molar-refractivity contribution is 0.0505. The number of rotatable bonds is 4. The fraction of sp³-hybridized carbons (Fsp3) is 0.571. The molecular weight excluding hydrogens is 198 g/mol. The van der Waals surface area contributed by atoms with Crippen LogP contribution < -0.4 is 5.32 Å². The van der Waals surface area contributed by atoms with E-state index in [2.05, 4.69) is 45.1 Å². The van der Waals surface area contributed by atoms with Crippen LogP contribution in [-0.4, -0.2) is 18.7 Å². The Labute approximate surface area is 98.7 Å². The lowest BCUT2D eigenvalue weighted by atomic mass is 9.82. The zero-order chi connectivity index (χ0) is 12.3. The van der Waals surface area contributed by atoms with Gasteiger partial charge in [-0.1, -0.05) is 32.0 Å². The second-order valence-electron chi connectivity index (χ2n) is 5.27. The van der Waals surface area contributed by atoms with E-state index in [0.29, 0.717) is 0 Å². The lowest BCUT2D eigenvalue weighted by Gasteiger charge is -2.31. The van der Waals surface area contributed by atoms with Gasteiger partial charge in [0.15, 0.2) is 0 Å². The summed E-state index contributed by atoms with van der Waals surface area (Å²) in [6.07, 6.45) is -0.431. The van der Waals surface area contributed by atoms with Gasteiger partial charge in [-0.2, -0.15) is 0 Å². The molecule has 16 heavy (non-hydrogen) atoms. The van der Waals surface area contributed by atoms with Gasteiger partial charge in [-0.25, -0.2) is 0 Å². The van der Waals surface area contributed by atoms with Gasteiger partial charge in [0, 0.05) is 12.0 Å². The summed E-state index contributed by atoms with van der Waals surface area (Å²) in [5, 5.41) is 13.5. The smallest absolute Gasteiger partial charge is 0.0853 e. The van der Waals surface area contributed by atoms with E-state index in [0.717, 1.165) is 12.1 Å². The van der Waals surface area contributed by atoms with Crippen LogP contribution in [0, 0.1) is 19.3 Å². The van der Waals surface area contributed by atoms with Crippen molar-refractivity contribution < 1.29 is 5.11 Å². The molecule has 0 aliphatic rings. The Balaban J connectivity index is 2.95. The fourth-order valence-electron chi connectivity index (χ4n) is 1.94. The Bertz CT molecular complexity index is 358. The molecule has 2 N–H and O–H groups in total. The SMILES string of the molecule is CNCC(C)(C)C(O)c1ccc(C)c(C)c1. The van der Waals surface area contributed by atoms with E-state index in [1.807, 2.05) is 13.1 Å². The molecule has 1 atom stereocenters. The quantitative estimate of drug-likeness (QED) is 0.819. The summed E-state index contributed by atoms with van der Waals surface area (Å²) in [6.45, 7) is 9.11. The molecule has 0 aliphatic heterocycles. The number of aliphatic hydroxyl groups excluding tert-OH is 1. The summed E-state index contributed by atoms with van der Waals surface area (Å²) in [4.78, 5) is 0. The van der Waals surface area contributed by atoms with Crippen LogP contribution in [0.15, 0.2) is 18.2 Å². The number of hydrogen-bond donors (Lipinski definition) is 2. The molecule has 0 radical (unpaired) electrons. The number of aliphatic hydroxyl groups is 1. The first-order chi connectivity index (χ1) is 7.38. The van der Waals surface area contributed by atoms with Crippen molar-refractivity contribution in [2.45, 2.75) is 33.8 Å². The van der Waals surface area contributed by atoms with Crippen LogP contribution in [0.1, 0.15) is 36.6 Å². The number of benzene rings is 1. The highest BCUT2D eigenvalue weighted by Crippen LogP contribution is 2.33. The minimum atomic E-state index is -0.431. The van der Waals surface area contributed by atoms with E-state index in [1.165, 1.54) is 11.1 Å². The van der Waals surface area contributed by atoms with Crippen LogP contribution >= 0.6 is 0 Å². The molecule has 0 aromatic heterocycles. The van der Waals surface area contributed by atoms with Gasteiger partial charge in [-0.05, 0) is 37.6 Å². The van der Waals surface area contributed by atoms with Gasteiger partial charge in [0.25, 0.3) is 0 Å². The molecule has 1 aromatic rings. The summed E-state index contributed by atoms with van der Waals surface area (Å²) < 4.78 is 0. The number of nitrogens with one attached hydrogen (secondary N) is 1. The predicted molar refractivity (Wildman–Crippen MR) is 68.6 cm³/mol. The highest BCUT2D eigenvalue weighted by molar-refractivity contribution is 5.31. The second-order valence-corrected chi connectivity index (χ2v) is 5.27. The van der Waals surface area contributed by atoms with Crippen molar-refractivity contribution in [3.8, 4) is 0 Å². The maximum Gasteiger partial charge on any atom is 0.0853 e. The third kappa shape index (κ3) is 2.83. The Kier molecular flexibility index (Phi) is 4.11.